The second-order valence-electron chi connectivity index (χ2n) is 2.69. The molecule has 0 spiro atoms. The predicted octanol–water partition coefficient (Wildman–Crippen LogP) is 0.426. The van der Waals surface area contributed by atoms with E-state index in [2.05, 4.69) is 5.32 Å². The Morgan fingerprint density at radius 2 is 2.06 bits per heavy atom. The van der Waals surface area contributed by atoms with E-state index in [0.717, 1.165) is 17.4 Å². The Morgan fingerprint density at radius 3 is 2.62 bits per heavy atom. The van der Waals surface area contributed by atoms with Gasteiger partial charge in [-0.2, -0.15) is 0 Å². The van der Waals surface area contributed by atoms with Gasteiger partial charge in [-0.25, -0.2) is 4.79 Å². The van der Waals surface area contributed by atoms with Gasteiger partial charge in [-0.3, -0.25) is 9.59 Å². The van der Waals surface area contributed by atoms with Gasteiger partial charge in [0.15, 0.2) is 0 Å². The van der Waals surface area contributed by atoms with Crippen LogP contribution in [0.15, 0.2) is 23.6 Å². The number of rotatable bonds is 4. The van der Waals surface area contributed by atoms with E-state index in [0.29, 0.717) is 11.1 Å². The minimum absolute atomic E-state index is 0.196. The van der Waals surface area contributed by atoms with Crippen molar-refractivity contribution < 1.29 is 19.5 Å². The van der Waals surface area contributed by atoms with Crippen molar-refractivity contribution in [2.24, 2.45) is 5.73 Å². The average molecular weight is 240 g/mol. The largest absolute Gasteiger partial charge is 0.478 e. The molecule has 7 heteroatoms. The van der Waals surface area contributed by atoms with Crippen molar-refractivity contribution in [2.45, 2.75) is 0 Å². The van der Waals surface area contributed by atoms with Gasteiger partial charge in [0, 0.05) is 12.2 Å². The first-order chi connectivity index (χ1) is 7.50. The maximum absolute atomic E-state index is 11.2. The Hall–Kier alpha value is -2.15. The van der Waals surface area contributed by atoms with Crippen LogP contribution >= 0.6 is 11.3 Å². The lowest BCUT2D eigenvalue weighted by atomic mass is 10.3. The first-order valence-corrected chi connectivity index (χ1v) is 4.98. The number of carboxylic acid groups (broad SMARTS) is 1. The van der Waals surface area contributed by atoms with E-state index in [-0.39, 0.29) is 5.56 Å². The van der Waals surface area contributed by atoms with Gasteiger partial charge in [0.1, 0.15) is 5.00 Å². The maximum Gasteiger partial charge on any atom is 0.328 e. The summed E-state index contributed by atoms with van der Waals surface area (Å²) in [5.41, 5.74) is 5.26. The van der Waals surface area contributed by atoms with Crippen LogP contribution in [0.5, 0.6) is 0 Å². The second-order valence-corrected chi connectivity index (χ2v) is 3.60. The SMILES string of the molecule is NC(=O)c1ccsc1NC(=O)/C=C\C(=O)O. The normalized spacial score (nSPS) is 10.2. The summed E-state index contributed by atoms with van der Waals surface area (Å²) in [6.45, 7) is 0. The molecule has 1 rings (SSSR count). The molecule has 1 aromatic rings. The molecule has 0 saturated heterocycles. The number of amides is 2. The van der Waals surface area contributed by atoms with E-state index in [1.54, 1.807) is 5.38 Å². The molecule has 0 aliphatic heterocycles. The molecule has 4 N–H and O–H groups in total. The molecule has 84 valence electrons. The van der Waals surface area contributed by atoms with Gasteiger partial charge in [0.25, 0.3) is 5.91 Å². The fourth-order valence-electron chi connectivity index (χ4n) is 0.901. The van der Waals surface area contributed by atoms with Crippen molar-refractivity contribution in [3.8, 4) is 0 Å². The molecule has 0 radical (unpaired) electrons. The summed E-state index contributed by atoms with van der Waals surface area (Å²) in [7, 11) is 0. The summed E-state index contributed by atoms with van der Waals surface area (Å²) in [6.07, 6.45) is 1.56. The second kappa shape index (κ2) is 5.08. The monoisotopic (exact) mass is 240 g/mol. The molecular formula is C9H8N2O4S. The van der Waals surface area contributed by atoms with Crippen LogP contribution in [0.2, 0.25) is 0 Å². The maximum atomic E-state index is 11.2. The third-order valence-corrected chi connectivity index (χ3v) is 2.37. The number of carboxylic acids is 1. The van der Waals surface area contributed by atoms with E-state index in [9.17, 15) is 14.4 Å². The summed E-state index contributed by atoms with van der Waals surface area (Å²) in [5, 5.41) is 12.5. The molecule has 0 fully saturated rings. The van der Waals surface area contributed by atoms with Gasteiger partial charge in [0.2, 0.25) is 5.91 Å². The number of anilines is 1. The van der Waals surface area contributed by atoms with Crippen LogP contribution in [0.25, 0.3) is 0 Å². The molecule has 0 atom stereocenters. The zero-order valence-corrected chi connectivity index (χ0v) is 8.78. The van der Waals surface area contributed by atoms with Crippen molar-refractivity contribution in [3.05, 3.63) is 29.2 Å². The first-order valence-electron chi connectivity index (χ1n) is 4.10. The summed E-state index contributed by atoms with van der Waals surface area (Å²) in [4.78, 5) is 32.2. The molecule has 1 heterocycles. The summed E-state index contributed by atoms with van der Waals surface area (Å²) in [6, 6.07) is 1.48. The lowest BCUT2D eigenvalue weighted by Gasteiger charge is -2.00. The lowest BCUT2D eigenvalue weighted by Crippen LogP contribution is -2.15. The van der Waals surface area contributed by atoms with Crippen LogP contribution in [0, 0.1) is 0 Å². The fourth-order valence-corrected chi connectivity index (χ4v) is 1.70. The quantitative estimate of drug-likeness (QED) is 0.662. The van der Waals surface area contributed by atoms with Crippen LogP contribution in [-0.2, 0) is 9.59 Å². The van der Waals surface area contributed by atoms with E-state index in [1.807, 2.05) is 0 Å². The first kappa shape index (κ1) is 11.9. The Labute approximate surface area is 94.4 Å². The van der Waals surface area contributed by atoms with E-state index < -0.39 is 17.8 Å². The van der Waals surface area contributed by atoms with Crippen LogP contribution in [0.4, 0.5) is 5.00 Å². The number of carbonyl (C=O) groups excluding carboxylic acids is 2. The van der Waals surface area contributed by atoms with Crippen molar-refractivity contribution >= 4 is 34.1 Å². The number of hydrogen-bond acceptors (Lipinski definition) is 4. The number of carbonyl (C=O) groups is 3. The lowest BCUT2D eigenvalue weighted by molar-refractivity contribution is -0.131. The molecule has 2 amide bonds. The summed E-state index contributed by atoms with van der Waals surface area (Å²) in [5.74, 6) is -2.51. The molecule has 16 heavy (non-hydrogen) atoms. The van der Waals surface area contributed by atoms with Crippen LogP contribution in [0.1, 0.15) is 10.4 Å². The fraction of sp³-hybridized carbons (Fsp3) is 0. The Kier molecular flexibility index (Phi) is 3.78. The summed E-state index contributed by atoms with van der Waals surface area (Å²) >= 11 is 1.13. The molecule has 0 aromatic carbocycles. The molecule has 0 unspecified atom stereocenters. The topological polar surface area (TPSA) is 109 Å². The van der Waals surface area contributed by atoms with Crippen LogP contribution in [0.3, 0.4) is 0 Å². The zero-order valence-electron chi connectivity index (χ0n) is 7.97. The van der Waals surface area contributed by atoms with E-state index >= 15 is 0 Å². The third kappa shape index (κ3) is 3.21. The predicted molar refractivity (Wildman–Crippen MR) is 58.2 cm³/mol. The highest BCUT2D eigenvalue weighted by Gasteiger charge is 2.10. The van der Waals surface area contributed by atoms with Crippen LogP contribution < -0.4 is 11.1 Å². The zero-order chi connectivity index (χ0) is 12.1. The Balaban J connectivity index is 2.73. The van der Waals surface area contributed by atoms with Gasteiger partial charge < -0.3 is 16.2 Å². The van der Waals surface area contributed by atoms with E-state index in [4.69, 9.17) is 10.8 Å². The highest BCUT2D eigenvalue weighted by molar-refractivity contribution is 7.14. The molecule has 0 aliphatic rings. The van der Waals surface area contributed by atoms with Crippen molar-refractivity contribution in [1.29, 1.82) is 0 Å². The molecule has 0 saturated carbocycles. The average Bonchev–Trinajstić information content (AvgIpc) is 2.62. The highest BCUT2D eigenvalue weighted by Crippen LogP contribution is 2.22. The number of hydrogen-bond donors (Lipinski definition) is 3. The highest BCUT2D eigenvalue weighted by atomic mass is 32.1. The third-order valence-electron chi connectivity index (χ3n) is 1.54. The number of nitrogens with two attached hydrogens (primary N) is 1. The number of thiophene rings is 1. The number of primary amides is 1. The minimum atomic E-state index is -1.23. The number of aliphatic carboxylic acids is 1. The molecular weight excluding hydrogens is 232 g/mol. The molecule has 0 bridgehead atoms. The van der Waals surface area contributed by atoms with E-state index in [1.165, 1.54) is 6.07 Å². The smallest absolute Gasteiger partial charge is 0.328 e. The standard InChI is InChI=1S/C9H8N2O4S/c10-8(15)5-3-4-16-9(5)11-6(12)1-2-7(13)14/h1-4H,(H2,10,15)(H,11,12)(H,13,14)/b2-1-. The Morgan fingerprint density at radius 1 is 1.38 bits per heavy atom. The number of nitrogens with one attached hydrogen (secondary N) is 1. The van der Waals surface area contributed by atoms with Gasteiger partial charge in [-0.1, -0.05) is 0 Å². The van der Waals surface area contributed by atoms with Gasteiger partial charge in [-0.05, 0) is 11.4 Å². The summed E-state index contributed by atoms with van der Waals surface area (Å²) < 4.78 is 0. The Bertz CT molecular complexity index is 464. The minimum Gasteiger partial charge on any atom is -0.478 e. The molecule has 6 nitrogen and oxygen atoms in total. The molecule has 0 aliphatic carbocycles. The van der Waals surface area contributed by atoms with Gasteiger partial charge in [0.05, 0.1) is 5.56 Å². The van der Waals surface area contributed by atoms with Crippen molar-refractivity contribution in [2.75, 3.05) is 5.32 Å². The molecule has 1 aromatic heterocycles. The van der Waals surface area contributed by atoms with Crippen LogP contribution in [-0.4, -0.2) is 22.9 Å². The van der Waals surface area contributed by atoms with Crippen molar-refractivity contribution in [1.82, 2.24) is 0 Å². The van der Waals surface area contributed by atoms with Crippen molar-refractivity contribution in [3.63, 3.8) is 0 Å². The van der Waals surface area contributed by atoms with Gasteiger partial charge in [-0.15, -0.1) is 11.3 Å². The van der Waals surface area contributed by atoms with Gasteiger partial charge >= 0.3 is 5.97 Å².